The first-order valence-electron chi connectivity index (χ1n) is 6.22. The van der Waals surface area contributed by atoms with Crippen molar-refractivity contribution in [3.8, 4) is 0 Å². The second-order valence-electron chi connectivity index (χ2n) is 4.87. The molecule has 0 saturated heterocycles. The Morgan fingerprint density at radius 2 is 2.06 bits per heavy atom. The molecule has 0 spiro atoms. The van der Waals surface area contributed by atoms with E-state index < -0.39 is 5.54 Å². The molecule has 1 fully saturated rings. The lowest BCUT2D eigenvalue weighted by Crippen LogP contribution is -2.57. The lowest BCUT2D eigenvalue weighted by Gasteiger charge is -2.37. The van der Waals surface area contributed by atoms with E-state index in [1.165, 1.54) is 17.8 Å². The highest BCUT2D eigenvalue weighted by Crippen LogP contribution is 2.29. The van der Waals surface area contributed by atoms with E-state index in [0.29, 0.717) is 4.99 Å². The molecule has 1 heterocycles. The van der Waals surface area contributed by atoms with E-state index in [9.17, 15) is 4.79 Å². The van der Waals surface area contributed by atoms with Gasteiger partial charge in [-0.05, 0) is 31.9 Å². The largest absolute Gasteiger partial charge is 0.391 e. The number of hydrogen-bond donors (Lipinski definition) is 2. The van der Waals surface area contributed by atoms with Gasteiger partial charge in [-0.25, -0.2) is 0 Å². The molecule has 3 N–H and O–H groups in total. The van der Waals surface area contributed by atoms with Gasteiger partial charge in [-0.15, -0.1) is 11.3 Å². The maximum atomic E-state index is 12.2. The Hall–Kier alpha value is -0.940. The Balaban J connectivity index is 2.14. The quantitative estimate of drug-likeness (QED) is 0.838. The van der Waals surface area contributed by atoms with Crippen molar-refractivity contribution in [1.29, 1.82) is 0 Å². The predicted octanol–water partition coefficient (Wildman–Crippen LogP) is 2.78. The number of carbonyl (C=O) groups excluding carboxylic acids is 1. The lowest BCUT2D eigenvalue weighted by atomic mass is 9.81. The van der Waals surface area contributed by atoms with Crippen molar-refractivity contribution in [2.24, 2.45) is 5.73 Å². The van der Waals surface area contributed by atoms with E-state index in [1.807, 2.05) is 19.1 Å². The number of hydrogen-bond acceptors (Lipinski definition) is 3. The zero-order chi connectivity index (χ0) is 13.2. The molecular weight excluding hydrogens is 264 g/mol. The number of carbonyl (C=O) groups is 1. The van der Waals surface area contributed by atoms with Gasteiger partial charge in [0.15, 0.2) is 0 Å². The fraction of sp³-hybridized carbons (Fsp3) is 0.538. The third-order valence-corrected chi connectivity index (χ3v) is 4.89. The van der Waals surface area contributed by atoms with E-state index in [0.717, 1.165) is 35.4 Å². The third kappa shape index (κ3) is 2.72. The number of nitrogens with one attached hydrogen (secondary N) is 1. The topological polar surface area (TPSA) is 55.1 Å². The summed E-state index contributed by atoms with van der Waals surface area (Å²) in [7, 11) is 0. The Labute approximate surface area is 117 Å². The standard InChI is InChI=1S/C13H18N2OS2/c1-9-5-6-10(18-9)11(16)15-13(12(14)17)7-3-2-4-8-13/h5-6H,2-4,7-8H2,1H3,(H2,14,17)(H,15,16). The molecule has 0 aliphatic heterocycles. The smallest absolute Gasteiger partial charge is 0.262 e. The van der Waals surface area contributed by atoms with Crippen molar-refractivity contribution in [1.82, 2.24) is 5.32 Å². The Morgan fingerprint density at radius 1 is 1.39 bits per heavy atom. The molecule has 5 heteroatoms. The van der Waals surface area contributed by atoms with Crippen LogP contribution in [0.3, 0.4) is 0 Å². The van der Waals surface area contributed by atoms with Crippen LogP contribution in [0.15, 0.2) is 12.1 Å². The summed E-state index contributed by atoms with van der Waals surface area (Å²) >= 11 is 6.67. The van der Waals surface area contributed by atoms with Crippen LogP contribution in [0.1, 0.15) is 46.7 Å². The van der Waals surface area contributed by atoms with Crippen molar-refractivity contribution in [2.45, 2.75) is 44.6 Å². The first-order valence-corrected chi connectivity index (χ1v) is 7.45. The third-order valence-electron chi connectivity index (χ3n) is 3.50. The minimum atomic E-state index is -0.470. The number of rotatable bonds is 3. The fourth-order valence-electron chi connectivity index (χ4n) is 2.42. The summed E-state index contributed by atoms with van der Waals surface area (Å²) in [5.74, 6) is -0.0530. The summed E-state index contributed by atoms with van der Waals surface area (Å²) < 4.78 is 0. The average Bonchev–Trinajstić information content (AvgIpc) is 2.77. The highest BCUT2D eigenvalue weighted by atomic mass is 32.1. The van der Waals surface area contributed by atoms with Crippen LogP contribution in [0, 0.1) is 6.92 Å². The molecule has 1 saturated carbocycles. The number of nitrogens with two attached hydrogens (primary N) is 1. The van der Waals surface area contributed by atoms with Crippen molar-refractivity contribution in [3.63, 3.8) is 0 Å². The van der Waals surface area contributed by atoms with Gasteiger partial charge in [0.1, 0.15) is 0 Å². The second-order valence-corrected chi connectivity index (χ2v) is 6.60. The summed E-state index contributed by atoms with van der Waals surface area (Å²) in [5.41, 5.74) is 5.38. The van der Waals surface area contributed by atoms with Crippen LogP contribution >= 0.6 is 23.6 Å². The van der Waals surface area contributed by atoms with Crippen LogP contribution < -0.4 is 11.1 Å². The van der Waals surface area contributed by atoms with Crippen LogP contribution in [0.25, 0.3) is 0 Å². The maximum Gasteiger partial charge on any atom is 0.262 e. The SMILES string of the molecule is Cc1ccc(C(=O)NC2(C(N)=S)CCCCC2)s1. The van der Waals surface area contributed by atoms with Gasteiger partial charge in [-0.2, -0.15) is 0 Å². The van der Waals surface area contributed by atoms with Gasteiger partial charge in [0.05, 0.1) is 15.4 Å². The molecular formula is C13H18N2OS2. The molecule has 0 atom stereocenters. The van der Waals surface area contributed by atoms with Crippen LogP contribution in [0.2, 0.25) is 0 Å². The maximum absolute atomic E-state index is 12.2. The molecule has 1 aromatic rings. The molecule has 0 aromatic carbocycles. The number of amides is 1. The molecule has 0 radical (unpaired) electrons. The zero-order valence-corrected chi connectivity index (χ0v) is 12.1. The van der Waals surface area contributed by atoms with Crippen molar-refractivity contribution >= 4 is 34.5 Å². The fourth-order valence-corrected chi connectivity index (χ4v) is 3.44. The minimum absolute atomic E-state index is 0.0530. The van der Waals surface area contributed by atoms with Crippen LogP contribution in [0.5, 0.6) is 0 Å². The van der Waals surface area contributed by atoms with Crippen LogP contribution in [-0.4, -0.2) is 16.4 Å². The van der Waals surface area contributed by atoms with E-state index in [4.69, 9.17) is 18.0 Å². The molecule has 1 aromatic heterocycles. The monoisotopic (exact) mass is 282 g/mol. The Kier molecular flexibility index (Phi) is 4.02. The number of aryl methyl sites for hydroxylation is 1. The number of thiocarbonyl (C=S) groups is 1. The Bertz CT molecular complexity index is 461. The van der Waals surface area contributed by atoms with E-state index in [2.05, 4.69) is 5.32 Å². The minimum Gasteiger partial charge on any atom is -0.391 e. The molecule has 3 nitrogen and oxygen atoms in total. The predicted molar refractivity (Wildman–Crippen MR) is 79.1 cm³/mol. The van der Waals surface area contributed by atoms with Gasteiger partial charge in [0.25, 0.3) is 5.91 Å². The van der Waals surface area contributed by atoms with Gasteiger partial charge in [-0.1, -0.05) is 31.5 Å². The summed E-state index contributed by atoms with van der Waals surface area (Å²) in [6.07, 6.45) is 5.05. The molecule has 18 heavy (non-hydrogen) atoms. The lowest BCUT2D eigenvalue weighted by molar-refractivity contribution is 0.0912. The Morgan fingerprint density at radius 3 is 2.56 bits per heavy atom. The molecule has 2 rings (SSSR count). The van der Waals surface area contributed by atoms with Gasteiger partial charge in [-0.3, -0.25) is 4.79 Å². The van der Waals surface area contributed by atoms with Gasteiger partial charge >= 0.3 is 0 Å². The van der Waals surface area contributed by atoms with Crippen molar-refractivity contribution in [2.75, 3.05) is 0 Å². The van der Waals surface area contributed by atoms with E-state index >= 15 is 0 Å². The van der Waals surface area contributed by atoms with Gasteiger partial charge in [0, 0.05) is 4.88 Å². The second kappa shape index (κ2) is 5.36. The molecule has 0 unspecified atom stereocenters. The molecule has 1 aliphatic carbocycles. The molecule has 0 bridgehead atoms. The summed E-state index contributed by atoms with van der Waals surface area (Å²) in [6, 6.07) is 3.80. The molecule has 1 amide bonds. The molecule has 1 aliphatic rings. The molecule has 98 valence electrons. The summed E-state index contributed by atoms with van der Waals surface area (Å²) in [6.45, 7) is 1.99. The number of thiophene rings is 1. The van der Waals surface area contributed by atoms with Crippen molar-refractivity contribution in [3.05, 3.63) is 21.9 Å². The zero-order valence-electron chi connectivity index (χ0n) is 10.5. The van der Waals surface area contributed by atoms with Crippen LogP contribution in [-0.2, 0) is 0 Å². The highest BCUT2D eigenvalue weighted by molar-refractivity contribution is 7.80. The van der Waals surface area contributed by atoms with Crippen molar-refractivity contribution < 1.29 is 4.79 Å². The summed E-state index contributed by atoms with van der Waals surface area (Å²) in [4.78, 5) is 14.5. The normalized spacial score (nSPS) is 18.3. The average molecular weight is 282 g/mol. The van der Waals surface area contributed by atoms with E-state index in [1.54, 1.807) is 0 Å². The first kappa shape index (κ1) is 13.5. The first-order chi connectivity index (χ1) is 8.53. The van der Waals surface area contributed by atoms with E-state index in [-0.39, 0.29) is 5.91 Å². The highest BCUT2D eigenvalue weighted by Gasteiger charge is 2.36. The van der Waals surface area contributed by atoms with Gasteiger partial charge < -0.3 is 11.1 Å². The summed E-state index contributed by atoms with van der Waals surface area (Å²) in [5, 5.41) is 3.07. The van der Waals surface area contributed by atoms with Gasteiger partial charge in [0.2, 0.25) is 0 Å². The van der Waals surface area contributed by atoms with Crippen LogP contribution in [0.4, 0.5) is 0 Å².